The van der Waals surface area contributed by atoms with Crippen LogP contribution in [0.15, 0.2) is 24.5 Å². The van der Waals surface area contributed by atoms with Crippen LogP contribution in [0.5, 0.6) is 0 Å². The molecule has 0 aliphatic rings. The number of ketones is 1. The van der Waals surface area contributed by atoms with Gasteiger partial charge in [0, 0.05) is 23.5 Å². The number of rotatable bonds is 3. The molecule has 2 rings (SSSR count). The average Bonchev–Trinajstić information content (AvgIpc) is 2.71. The Morgan fingerprint density at radius 2 is 2.00 bits per heavy atom. The van der Waals surface area contributed by atoms with Crippen molar-refractivity contribution in [1.29, 1.82) is 0 Å². The number of Topliss-reactive ketones (excluding diaryl/α,β-unsaturated/α-hetero) is 1. The third-order valence-electron chi connectivity index (χ3n) is 2.83. The smallest absolute Gasteiger partial charge is 0.338 e. The van der Waals surface area contributed by atoms with E-state index in [4.69, 9.17) is 4.74 Å². The Balaban J connectivity index is 2.53. The SMILES string of the molecule is CCOC(=O)c1cc2cc(C(C)=O)cn2cc1C. The molecule has 94 valence electrons. The van der Waals surface area contributed by atoms with Crippen molar-refractivity contribution in [3.05, 3.63) is 41.2 Å². The quantitative estimate of drug-likeness (QED) is 0.617. The molecular formula is C14H15NO3. The van der Waals surface area contributed by atoms with E-state index in [0.29, 0.717) is 17.7 Å². The first-order valence-corrected chi connectivity index (χ1v) is 5.83. The summed E-state index contributed by atoms with van der Waals surface area (Å²) >= 11 is 0. The molecule has 0 saturated carbocycles. The lowest BCUT2D eigenvalue weighted by atomic mass is 10.1. The highest BCUT2D eigenvalue weighted by Gasteiger charge is 2.12. The fourth-order valence-electron chi connectivity index (χ4n) is 1.88. The average molecular weight is 245 g/mol. The molecule has 2 aromatic rings. The van der Waals surface area contributed by atoms with Gasteiger partial charge >= 0.3 is 5.97 Å². The van der Waals surface area contributed by atoms with E-state index in [1.54, 1.807) is 25.3 Å². The maximum absolute atomic E-state index is 11.8. The molecule has 2 heterocycles. The number of esters is 1. The van der Waals surface area contributed by atoms with Crippen molar-refractivity contribution in [1.82, 2.24) is 4.40 Å². The van der Waals surface area contributed by atoms with Gasteiger partial charge in [0.05, 0.1) is 12.2 Å². The van der Waals surface area contributed by atoms with Gasteiger partial charge in [0.1, 0.15) is 0 Å². The predicted molar refractivity (Wildman–Crippen MR) is 68.1 cm³/mol. The van der Waals surface area contributed by atoms with Crippen molar-refractivity contribution in [2.45, 2.75) is 20.8 Å². The normalized spacial score (nSPS) is 10.6. The minimum Gasteiger partial charge on any atom is -0.462 e. The summed E-state index contributed by atoms with van der Waals surface area (Å²) in [6.07, 6.45) is 3.59. The lowest BCUT2D eigenvalue weighted by Crippen LogP contribution is -2.07. The number of fused-ring (bicyclic) bond motifs is 1. The van der Waals surface area contributed by atoms with Gasteiger partial charge in [0.15, 0.2) is 5.78 Å². The Bertz CT molecular complexity index is 625. The van der Waals surface area contributed by atoms with Gasteiger partial charge in [-0.1, -0.05) is 0 Å². The van der Waals surface area contributed by atoms with Gasteiger partial charge < -0.3 is 9.14 Å². The van der Waals surface area contributed by atoms with Gasteiger partial charge in [-0.05, 0) is 38.5 Å². The van der Waals surface area contributed by atoms with E-state index < -0.39 is 0 Å². The zero-order chi connectivity index (χ0) is 13.3. The molecule has 0 radical (unpaired) electrons. The van der Waals surface area contributed by atoms with E-state index in [-0.39, 0.29) is 11.8 Å². The second-order valence-electron chi connectivity index (χ2n) is 4.21. The molecule has 0 aliphatic carbocycles. The van der Waals surface area contributed by atoms with Crippen LogP contribution in [0, 0.1) is 6.92 Å². The molecule has 0 unspecified atom stereocenters. The lowest BCUT2D eigenvalue weighted by molar-refractivity contribution is 0.0525. The molecule has 0 amide bonds. The van der Waals surface area contributed by atoms with Crippen molar-refractivity contribution in [3.8, 4) is 0 Å². The Kier molecular flexibility index (Phi) is 3.19. The topological polar surface area (TPSA) is 47.8 Å². The maximum atomic E-state index is 11.8. The molecule has 0 saturated heterocycles. The summed E-state index contributed by atoms with van der Waals surface area (Å²) in [5.74, 6) is -0.322. The monoisotopic (exact) mass is 245 g/mol. The third-order valence-corrected chi connectivity index (χ3v) is 2.83. The van der Waals surface area contributed by atoms with Crippen molar-refractivity contribution in [2.75, 3.05) is 6.61 Å². The van der Waals surface area contributed by atoms with Gasteiger partial charge in [-0.15, -0.1) is 0 Å². The molecule has 2 aromatic heterocycles. The number of hydrogen-bond donors (Lipinski definition) is 0. The minimum atomic E-state index is -0.330. The Hall–Kier alpha value is -2.10. The molecule has 0 aromatic carbocycles. The summed E-state index contributed by atoms with van der Waals surface area (Å²) < 4.78 is 6.84. The van der Waals surface area contributed by atoms with Crippen molar-refractivity contribution in [3.63, 3.8) is 0 Å². The predicted octanol–water partition coefficient (Wildman–Crippen LogP) is 2.63. The molecule has 4 heteroatoms. The zero-order valence-electron chi connectivity index (χ0n) is 10.7. The van der Waals surface area contributed by atoms with Crippen molar-refractivity contribution >= 4 is 17.3 Å². The van der Waals surface area contributed by atoms with Crippen LogP contribution in [0.3, 0.4) is 0 Å². The van der Waals surface area contributed by atoms with Crippen molar-refractivity contribution in [2.24, 2.45) is 0 Å². The van der Waals surface area contributed by atoms with E-state index in [9.17, 15) is 9.59 Å². The summed E-state index contributed by atoms with van der Waals surface area (Å²) in [7, 11) is 0. The number of ether oxygens (including phenoxy) is 1. The van der Waals surface area contributed by atoms with Gasteiger partial charge in [-0.25, -0.2) is 4.79 Å². The number of carbonyl (C=O) groups excluding carboxylic acids is 2. The Morgan fingerprint density at radius 1 is 1.28 bits per heavy atom. The van der Waals surface area contributed by atoms with Crippen LogP contribution in [0.2, 0.25) is 0 Å². The Morgan fingerprint density at radius 3 is 2.61 bits per heavy atom. The number of nitrogens with zero attached hydrogens (tertiary/aromatic N) is 1. The van der Waals surface area contributed by atoms with Crippen LogP contribution < -0.4 is 0 Å². The number of carbonyl (C=O) groups is 2. The van der Waals surface area contributed by atoms with Crippen LogP contribution in [-0.2, 0) is 4.74 Å². The van der Waals surface area contributed by atoms with E-state index >= 15 is 0 Å². The van der Waals surface area contributed by atoms with Gasteiger partial charge in [-0.3, -0.25) is 4.79 Å². The van der Waals surface area contributed by atoms with E-state index in [1.807, 2.05) is 17.5 Å². The second-order valence-corrected chi connectivity index (χ2v) is 4.21. The van der Waals surface area contributed by atoms with E-state index in [1.165, 1.54) is 6.92 Å². The first kappa shape index (κ1) is 12.4. The second kappa shape index (κ2) is 4.64. The van der Waals surface area contributed by atoms with Gasteiger partial charge in [-0.2, -0.15) is 0 Å². The molecular weight excluding hydrogens is 230 g/mol. The van der Waals surface area contributed by atoms with Crippen molar-refractivity contribution < 1.29 is 14.3 Å². The molecule has 0 atom stereocenters. The van der Waals surface area contributed by atoms with Crippen LogP contribution in [0.1, 0.15) is 40.1 Å². The lowest BCUT2D eigenvalue weighted by Gasteiger charge is -2.06. The summed E-state index contributed by atoms with van der Waals surface area (Å²) in [5.41, 5.74) is 2.81. The summed E-state index contributed by atoms with van der Waals surface area (Å²) in [6.45, 7) is 5.49. The fourth-order valence-corrected chi connectivity index (χ4v) is 1.88. The molecule has 0 aliphatic heterocycles. The van der Waals surface area contributed by atoms with E-state index in [2.05, 4.69) is 0 Å². The Labute approximate surface area is 105 Å². The molecule has 0 bridgehead atoms. The van der Waals surface area contributed by atoms with Crippen LogP contribution in [-0.4, -0.2) is 22.8 Å². The number of pyridine rings is 1. The summed E-state index contributed by atoms with van der Waals surface area (Å²) in [4.78, 5) is 23.1. The standard InChI is InChI=1S/C14H15NO3/c1-4-18-14(17)13-6-12-5-11(10(3)16)8-15(12)7-9(13)2/h5-8H,4H2,1-3H3. The fraction of sp³-hybridized carbons (Fsp3) is 0.286. The highest BCUT2D eigenvalue weighted by Crippen LogP contribution is 2.17. The molecule has 0 fully saturated rings. The minimum absolute atomic E-state index is 0.00837. The van der Waals surface area contributed by atoms with Gasteiger partial charge in [0.25, 0.3) is 0 Å². The highest BCUT2D eigenvalue weighted by molar-refractivity contribution is 5.97. The van der Waals surface area contributed by atoms with Crippen LogP contribution >= 0.6 is 0 Å². The summed E-state index contributed by atoms with van der Waals surface area (Å²) in [5, 5.41) is 0. The molecule has 4 nitrogen and oxygen atoms in total. The molecule has 0 spiro atoms. The zero-order valence-corrected chi connectivity index (χ0v) is 10.7. The largest absolute Gasteiger partial charge is 0.462 e. The first-order valence-electron chi connectivity index (χ1n) is 5.83. The highest BCUT2D eigenvalue weighted by atomic mass is 16.5. The third kappa shape index (κ3) is 2.14. The molecule has 0 N–H and O–H groups in total. The number of aromatic nitrogens is 1. The van der Waals surface area contributed by atoms with Crippen LogP contribution in [0.4, 0.5) is 0 Å². The maximum Gasteiger partial charge on any atom is 0.338 e. The van der Waals surface area contributed by atoms with E-state index in [0.717, 1.165) is 11.1 Å². The van der Waals surface area contributed by atoms with Gasteiger partial charge in [0.2, 0.25) is 0 Å². The molecule has 18 heavy (non-hydrogen) atoms. The summed E-state index contributed by atoms with van der Waals surface area (Å²) in [6, 6.07) is 3.52. The number of aryl methyl sites for hydroxylation is 1. The van der Waals surface area contributed by atoms with Crippen LogP contribution in [0.25, 0.3) is 5.52 Å². The first-order chi connectivity index (χ1) is 8.52. The number of hydrogen-bond acceptors (Lipinski definition) is 3.